The van der Waals surface area contributed by atoms with Gasteiger partial charge in [0.25, 0.3) is 15.9 Å². The van der Waals surface area contributed by atoms with Crippen molar-refractivity contribution in [2.45, 2.75) is 72.2 Å². The van der Waals surface area contributed by atoms with E-state index in [-0.39, 0.29) is 26.8 Å². The van der Waals surface area contributed by atoms with Gasteiger partial charge in [-0.3, -0.25) is 4.79 Å². The maximum atomic E-state index is 13.5. The van der Waals surface area contributed by atoms with Crippen LogP contribution in [0.25, 0.3) is 5.82 Å². The summed E-state index contributed by atoms with van der Waals surface area (Å²) < 4.78 is 36.1. The summed E-state index contributed by atoms with van der Waals surface area (Å²) >= 11 is 0. The summed E-state index contributed by atoms with van der Waals surface area (Å²) in [4.78, 5) is 20.5. The predicted molar refractivity (Wildman–Crippen MR) is 159 cm³/mol. The van der Waals surface area contributed by atoms with Crippen LogP contribution < -0.4 is 14.4 Å². The van der Waals surface area contributed by atoms with E-state index in [9.17, 15) is 13.2 Å². The quantitative estimate of drug-likeness (QED) is 0.382. The Hall–Kier alpha value is -3.40. The molecule has 220 valence electrons. The van der Waals surface area contributed by atoms with Gasteiger partial charge in [-0.25, -0.2) is 22.8 Å². The van der Waals surface area contributed by atoms with Gasteiger partial charge in [-0.15, -0.1) is 5.10 Å². The van der Waals surface area contributed by atoms with E-state index in [0.29, 0.717) is 42.5 Å². The first-order valence-corrected chi connectivity index (χ1v) is 15.6. The Bertz CT molecular complexity index is 1580. The first-order chi connectivity index (χ1) is 19.0. The SMILES string of the molecule is Cc1cccc(S(=O)(=O)NC(=O)c2ccc(-n3ccc(OCC4C(C)(C)C4(C)C)n3)nc2N2C[C@@H](C)CC2(C)C)c1. The lowest BCUT2D eigenvalue weighted by atomic mass is 9.97. The minimum absolute atomic E-state index is 0.0362. The smallest absolute Gasteiger partial charge is 0.268 e. The average molecular weight is 580 g/mol. The second kappa shape index (κ2) is 9.86. The Morgan fingerprint density at radius 2 is 1.78 bits per heavy atom. The number of rotatable bonds is 8. The molecule has 0 unspecified atom stereocenters. The van der Waals surface area contributed by atoms with E-state index in [1.165, 1.54) is 12.1 Å². The van der Waals surface area contributed by atoms with Crippen molar-refractivity contribution < 1.29 is 17.9 Å². The third-order valence-electron chi connectivity index (χ3n) is 9.48. The van der Waals surface area contributed by atoms with Gasteiger partial charge in [-0.05, 0) is 73.8 Å². The van der Waals surface area contributed by atoms with Crippen molar-refractivity contribution in [3.8, 4) is 11.7 Å². The number of ether oxygens (including phenoxy) is 1. The summed E-state index contributed by atoms with van der Waals surface area (Å²) in [6, 6.07) is 11.6. The first-order valence-electron chi connectivity index (χ1n) is 14.1. The van der Waals surface area contributed by atoms with Gasteiger partial charge in [-0.1, -0.05) is 46.8 Å². The summed E-state index contributed by atoms with van der Waals surface area (Å²) in [6.07, 6.45) is 2.69. The van der Waals surface area contributed by atoms with Gasteiger partial charge >= 0.3 is 0 Å². The number of amides is 1. The summed E-state index contributed by atoms with van der Waals surface area (Å²) in [5, 5.41) is 4.59. The molecule has 1 aliphatic heterocycles. The summed E-state index contributed by atoms with van der Waals surface area (Å²) in [5.74, 6) is 1.54. The van der Waals surface area contributed by atoms with Crippen molar-refractivity contribution in [3.05, 3.63) is 59.8 Å². The van der Waals surface area contributed by atoms with Crippen LogP contribution in [0.5, 0.6) is 5.88 Å². The Labute approximate surface area is 243 Å². The van der Waals surface area contributed by atoms with Gasteiger partial charge < -0.3 is 9.64 Å². The maximum absolute atomic E-state index is 13.5. The van der Waals surface area contributed by atoms with E-state index in [0.717, 1.165) is 12.0 Å². The largest absolute Gasteiger partial charge is 0.476 e. The second-order valence-electron chi connectivity index (χ2n) is 13.4. The van der Waals surface area contributed by atoms with E-state index in [1.807, 2.05) is 0 Å². The Morgan fingerprint density at radius 1 is 1.07 bits per heavy atom. The second-order valence-corrected chi connectivity index (χ2v) is 15.1. The van der Waals surface area contributed by atoms with Crippen molar-refractivity contribution in [1.29, 1.82) is 0 Å². The molecule has 3 heterocycles. The first kappa shape index (κ1) is 29.1. The lowest BCUT2D eigenvalue weighted by Gasteiger charge is -2.34. The fraction of sp³-hybridized carbons (Fsp3) is 0.516. The number of aromatic nitrogens is 3. The number of nitrogens with zero attached hydrogens (tertiary/aromatic N) is 4. The number of aryl methyl sites for hydroxylation is 1. The Morgan fingerprint density at radius 3 is 2.39 bits per heavy atom. The summed E-state index contributed by atoms with van der Waals surface area (Å²) in [7, 11) is -4.07. The molecule has 3 aromatic rings. The molecule has 10 heteroatoms. The number of anilines is 1. The van der Waals surface area contributed by atoms with Crippen molar-refractivity contribution in [1.82, 2.24) is 19.5 Å². The molecule has 1 saturated carbocycles. The Balaban J connectivity index is 1.44. The molecule has 1 aliphatic carbocycles. The molecule has 5 rings (SSSR count). The van der Waals surface area contributed by atoms with Crippen LogP contribution in [0.15, 0.2) is 53.6 Å². The number of nitrogens with one attached hydrogen (secondary N) is 1. The van der Waals surface area contributed by atoms with Crippen LogP contribution in [0.3, 0.4) is 0 Å². The molecule has 1 saturated heterocycles. The van der Waals surface area contributed by atoms with E-state index < -0.39 is 15.9 Å². The Kier molecular flexibility index (Phi) is 7.00. The van der Waals surface area contributed by atoms with Gasteiger partial charge in [0.05, 0.1) is 17.1 Å². The minimum Gasteiger partial charge on any atom is -0.476 e. The molecular weight excluding hydrogens is 538 g/mol. The van der Waals surface area contributed by atoms with Crippen LogP contribution in [0.2, 0.25) is 0 Å². The molecule has 2 aliphatic rings. The minimum atomic E-state index is -4.07. The van der Waals surface area contributed by atoms with Crippen LogP contribution in [0.1, 0.15) is 70.8 Å². The fourth-order valence-electron chi connectivity index (χ4n) is 6.36. The molecule has 0 radical (unpaired) electrons. The van der Waals surface area contributed by atoms with Crippen LogP contribution in [0, 0.1) is 29.6 Å². The molecule has 0 spiro atoms. The zero-order valence-corrected chi connectivity index (χ0v) is 26.0. The number of benzene rings is 1. The highest BCUT2D eigenvalue weighted by Crippen LogP contribution is 2.68. The lowest BCUT2D eigenvalue weighted by molar-refractivity contribution is 0.0981. The lowest BCUT2D eigenvalue weighted by Crippen LogP contribution is -2.41. The van der Waals surface area contributed by atoms with Crippen molar-refractivity contribution in [2.24, 2.45) is 22.7 Å². The van der Waals surface area contributed by atoms with Crippen LogP contribution in [-0.2, 0) is 10.0 Å². The maximum Gasteiger partial charge on any atom is 0.268 e. The van der Waals surface area contributed by atoms with Gasteiger partial charge in [0.15, 0.2) is 5.82 Å². The summed E-state index contributed by atoms with van der Waals surface area (Å²) in [6.45, 7) is 18.5. The van der Waals surface area contributed by atoms with E-state index in [1.54, 1.807) is 48.1 Å². The zero-order chi connectivity index (χ0) is 30.0. The number of hydrogen-bond acceptors (Lipinski definition) is 7. The fourth-order valence-corrected chi connectivity index (χ4v) is 7.43. The standard InChI is InChI=1S/C31H41N5O4S/c1-20-10-9-11-22(16-20)41(38,39)34-28(37)23-12-13-25(32-27(23)35-18-21(2)17-29(35,3)4)36-15-14-26(33-36)40-19-24-30(5,6)31(24,7)8/h9-16,21,24H,17-19H2,1-8H3,(H,34,37)/t21-/m0/s1. The number of sulfonamides is 1. The van der Waals surface area contributed by atoms with Crippen LogP contribution in [0.4, 0.5) is 5.82 Å². The third kappa shape index (κ3) is 5.34. The van der Waals surface area contributed by atoms with Crippen molar-refractivity contribution in [3.63, 3.8) is 0 Å². The van der Waals surface area contributed by atoms with Gasteiger partial charge in [0.2, 0.25) is 5.88 Å². The topological polar surface area (TPSA) is 106 Å². The van der Waals surface area contributed by atoms with Crippen LogP contribution >= 0.6 is 0 Å². The monoisotopic (exact) mass is 579 g/mol. The molecule has 9 nitrogen and oxygen atoms in total. The molecular formula is C31H41N5O4S. The highest BCUT2D eigenvalue weighted by atomic mass is 32.2. The number of carbonyl (C=O) groups excluding carboxylic acids is 1. The highest BCUT2D eigenvalue weighted by molar-refractivity contribution is 7.90. The molecule has 1 amide bonds. The molecule has 41 heavy (non-hydrogen) atoms. The zero-order valence-electron chi connectivity index (χ0n) is 25.2. The summed E-state index contributed by atoms with van der Waals surface area (Å²) in [5.41, 5.74) is 1.13. The molecule has 2 aromatic heterocycles. The molecule has 1 atom stereocenters. The van der Waals surface area contributed by atoms with Crippen molar-refractivity contribution >= 4 is 21.7 Å². The molecule has 2 fully saturated rings. The van der Waals surface area contributed by atoms with Gasteiger partial charge in [0, 0.05) is 30.3 Å². The molecule has 1 aromatic carbocycles. The molecule has 0 bridgehead atoms. The number of pyridine rings is 1. The van der Waals surface area contributed by atoms with Gasteiger partial charge in [0.1, 0.15) is 5.82 Å². The van der Waals surface area contributed by atoms with Crippen molar-refractivity contribution in [2.75, 3.05) is 18.1 Å². The average Bonchev–Trinajstić information content (AvgIpc) is 3.26. The third-order valence-corrected chi connectivity index (χ3v) is 10.8. The molecule has 1 N–H and O–H groups in total. The van der Waals surface area contributed by atoms with Gasteiger partial charge in [-0.2, -0.15) is 0 Å². The number of carbonyl (C=O) groups is 1. The normalized spacial score (nSPS) is 21.1. The van der Waals surface area contributed by atoms with Crippen LogP contribution in [-0.4, -0.2) is 47.8 Å². The van der Waals surface area contributed by atoms with E-state index in [2.05, 4.69) is 63.2 Å². The number of hydrogen-bond donors (Lipinski definition) is 1. The highest BCUT2D eigenvalue weighted by Gasteiger charge is 2.64. The predicted octanol–water partition coefficient (Wildman–Crippen LogP) is 5.38. The van der Waals surface area contributed by atoms with E-state index in [4.69, 9.17) is 9.72 Å². The van der Waals surface area contributed by atoms with E-state index >= 15 is 0 Å².